The highest BCUT2D eigenvalue weighted by molar-refractivity contribution is 6.21. The summed E-state index contributed by atoms with van der Waals surface area (Å²) in [5.41, 5.74) is 0.129. The summed E-state index contributed by atoms with van der Waals surface area (Å²) in [6.45, 7) is 0. The van der Waals surface area contributed by atoms with Crippen LogP contribution in [0.1, 0.15) is 44.9 Å². The molecule has 0 amide bonds. The van der Waals surface area contributed by atoms with Crippen LogP contribution in [0.3, 0.4) is 0 Å². The number of ether oxygens (including phenoxy) is 1. The van der Waals surface area contributed by atoms with Gasteiger partial charge in [0.2, 0.25) is 0 Å². The molecule has 0 bridgehead atoms. The largest absolute Gasteiger partial charge is 0.490 e. The van der Waals surface area contributed by atoms with E-state index in [4.69, 9.17) is 16.3 Å². The maximum absolute atomic E-state index is 13.2. The third-order valence-electron chi connectivity index (χ3n) is 4.79. The van der Waals surface area contributed by atoms with Gasteiger partial charge in [0.05, 0.1) is 0 Å². The van der Waals surface area contributed by atoms with Gasteiger partial charge in [0.25, 0.3) is 0 Å². The molecule has 3 heteroatoms. The third kappa shape index (κ3) is 2.47. The van der Waals surface area contributed by atoms with Crippen LogP contribution in [-0.4, -0.2) is 11.5 Å². The van der Waals surface area contributed by atoms with Crippen molar-refractivity contribution >= 4 is 11.6 Å². The average Bonchev–Trinajstić information content (AvgIpc) is 2.66. The van der Waals surface area contributed by atoms with Crippen LogP contribution in [0.5, 0.6) is 5.75 Å². The molecule has 1 nitrogen and oxygen atoms in total. The highest BCUT2D eigenvalue weighted by atomic mass is 35.5. The Labute approximate surface area is 119 Å². The Bertz CT molecular complexity index is 440. The SMILES string of the molecule is Fc1cccc(OC2CC(Cl)C23CCCCCC3)c1. The Morgan fingerprint density at radius 2 is 1.89 bits per heavy atom. The number of benzene rings is 1. The van der Waals surface area contributed by atoms with Crippen LogP contribution in [0.2, 0.25) is 0 Å². The fraction of sp³-hybridized carbons (Fsp3) is 0.625. The molecule has 1 aromatic carbocycles. The lowest BCUT2D eigenvalue weighted by atomic mass is 9.61. The van der Waals surface area contributed by atoms with Crippen molar-refractivity contribution in [2.75, 3.05) is 0 Å². The summed E-state index contributed by atoms with van der Waals surface area (Å²) in [5.74, 6) is 0.395. The van der Waals surface area contributed by atoms with E-state index in [1.807, 2.05) is 6.07 Å². The fourth-order valence-corrected chi connectivity index (χ4v) is 4.11. The van der Waals surface area contributed by atoms with Gasteiger partial charge in [0.1, 0.15) is 17.7 Å². The first kappa shape index (κ1) is 13.2. The summed E-state index contributed by atoms with van der Waals surface area (Å²) in [7, 11) is 0. The van der Waals surface area contributed by atoms with E-state index in [1.165, 1.54) is 37.8 Å². The lowest BCUT2D eigenvalue weighted by Gasteiger charge is -2.53. The Kier molecular flexibility index (Phi) is 3.70. The van der Waals surface area contributed by atoms with Crippen LogP contribution in [0.4, 0.5) is 4.39 Å². The Morgan fingerprint density at radius 3 is 2.53 bits per heavy atom. The zero-order chi connectivity index (χ0) is 13.3. The molecule has 2 atom stereocenters. The summed E-state index contributed by atoms with van der Waals surface area (Å²) in [5, 5.41) is 0.226. The predicted molar refractivity (Wildman–Crippen MR) is 75.2 cm³/mol. The third-order valence-corrected chi connectivity index (χ3v) is 5.41. The van der Waals surface area contributed by atoms with Gasteiger partial charge in [0.15, 0.2) is 0 Å². The minimum absolute atomic E-state index is 0.129. The van der Waals surface area contributed by atoms with E-state index >= 15 is 0 Å². The van der Waals surface area contributed by atoms with Gasteiger partial charge >= 0.3 is 0 Å². The van der Waals surface area contributed by atoms with Crippen molar-refractivity contribution in [3.63, 3.8) is 0 Å². The zero-order valence-electron chi connectivity index (χ0n) is 11.1. The van der Waals surface area contributed by atoms with Gasteiger partial charge in [-0.3, -0.25) is 0 Å². The van der Waals surface area contributed by atoms with E-state index in [0.717, 1.165) is 19.3 Å². The van der Waals surface area contributed by atoms with Gasteiger partial charge in [-0.05, 0) is 25.0 Å². The lowest BCUT2D eigenvalue weighted by molar-refractivity contribution is -0.0513. The monoisotopic (exact) mass is 282 g/mol. The van der Waals surface area contributed by atoms with E-state index in [9.17, 15) is 4.39 Å². The molecule has 0 N–H and O–H groups in total. The summed E-state index contributed by atoms with van der Waals surface area (Å²) < 4.78 is 19.2. The molecular weight excluding hydrogens is 263 g/mol. The molecule has 0 radical (unpaired) electrons. The zero-order valence-corrected chi connectivity index (χ0v) is 11.8. The molecule has 104 valence electrons. The molecule has 19 heavy (non-hydrogen) atoms. The highest BCUT2D eigenvalue weighted by Crippen LogP contribution is 2.54. The number of hydrogen-bond acceptors (Lipinski definition) is 1. The molecule has 2 aliphatic carbocycles. The first-order valence-electron chi connectivity index (χ1n) is 7.27. The van der Waals surface area contributed by atoms with E-state index in [-0.39, 0.29) is 22.7 Å². The Morgan fingerprint density at radius 1 is 1.16 bits per heavy atom. The minimum Gasteiger partial charge on any atom is -0.490 e. The lowest BCUT2D eigenvalue weighted by Crippen LogP contribution is -2.57. The van der Waals surface area contributed by atoms with Crippen LogP contribution < -0.4 is 4.74 Å². The van der Waals surface area contributed by atoms with Crippen molar-refractivity contribution < 1.29 is 9.13 Å². The van der Waals surface area contributed by atoms with Crippen molar-refractivity contribution in [2.45, 2.75) is 56.4 Å². The highest BCUT2D eigenvalue weighted by Gasteiger charge is 2.55. The number of hydrogen-bond donors (Lipinski definition) is 0. The molecule has 2 fully saturated rings. The first-order chi connectivity index (χ1) is 9.21. The predicted octanol–water partition coefficient (Wildman–Crippen LogP) is 4.92. The van der Waals surface area contributed by atoms with Gasteiger partial charge in [-0.1, -0.05) is 31.7 Å². The molecule has 2 saturated carbocycles. The average molecular weight is 283 g/mol. The maximum atomic E-state index is 13.2. The second-order valence-corrected chi connectivity index (χ2v) is 6.44. The van der Waals surface area contributed by atoms with Crippen LogP contribution in [0.25, 0.3) is 0 Å². The van der Waals surface area contributed by atoms with Crippen molar-refractivity contribution in [3.05, 3.63) is 30.1 Å². The van der Waals surface area contributed by atoms with Crippen molar-refractivity contribution in [2.24, 2.45) is 5.41 Å². The number of rotatable bonds is 2. The summed E-state index contributed by atoms with van der Waals surface area (Å²) in [6, 6.07) is 6.43. The fourth-order valence-electron chi connectivity index (χ4n) is 3.59. The van der Waals surface area contributed by atoms with E-state index in [0.29, 0.717) is 5.75 Å². The molecular formula is C16H20ClFO. The van der Waals surface area contributed by atoms with Gasteiger partial charge < -0.3 is 4.74 Å². The molecule has 0 heterocycles. The molecule has 1 aromatic rings. The molecule has 0 aliphatic heterocycles. The van der Waals surface area contributed by atoms with Gasteiger partial charge in [0, 0.05) is 23.3 Å². The van der Waals surface area contributed by atoms with E-state index in [2.05, 4.69) is 0 Å². The smallest absolute Gasteiger partial charge is 0.126 e. The van der Waals surface area contributed by atoms with Gasteiger partial charge in [-0.25, -0.2) is 4.39 Å². The molecule has 0 saturated heterocycles. The van der Waals surface area contributed by atoms with Crippen LogP contribution in [0.15, 0.2) is 24.3 Å². The summed E-state index contributed by atoms with van der Waals surface area (Å²) in [4.78, 5) is 0. The Balaban J connectivity index is 1.74. The van der Waals surface area contributed by atoms with Crippen LogP contribution in [0, 0.1) is 11.2 Å². The quantitative estimate of drug-likeness (QED) is 0.699. The number of alkyl halides is 1. The second kappa shape index (κ2) is 5.32. The minimum atomic E-state index is -0.242. The maximum Gasteiger partial charge on any atom is 0.126 e. The van der Waals surface area contributed by atoms with Crippen molar-refractivity contribution in [3.8, 4) is 5.75 Å². The summed E-state index contributed by atoms with van der Waals surface area (Å²) in [6.07, 6.45) is 8.45. The molecule has 1 spiro atoms. The normalized spacial score (nSPS) is 29.6. The van der Waals surface area contributed by atoms with E-state index < -0.39 is 0 Å². The summed E-state index contributed by atoms with van der Waals surface area (Å²) >= 11 is 6.50. The molecule has 2 unspecified atom stereocenters. The van der Waals surface area contributed by atoms with Gasteiger partial charge in [-0.15, -0.1) is 11.6 Å². The first-order valence-corrected chi connectivity index (χ1v) is 7.71. The van der Waals surface area contributed by atoms with Crippen LogP contribution >= 0.6 is 11.6 Å². The Hall–Kier alpha value is -0.760. The van der Waals surface area contributed by atoms with E-state index in [1.54, 1.807) is 6.07 Å². The topological polar surface area (TPSA) is 9.23 Å². The molecule has 3 rings (SSSR count). The molecule has 2 aliphatic rings. The van der Waals surface area contributed by atoms with Crippen LogP contribution in [-0.2, 0) is 0 Å². The van der Waals surface area contributed by atoms with Crippen molar-refractivity contribution in [1.82, 2.24) is 0 Å². The van der Waals surface area contributed by atoms with Crippen molar-refractivity contribution in [1.29, 1.82) is 0 Å². The molecule has 0 aromatic heterocycles. The second-order valence-electron chi connectivity index (χ2n) is 5.91. The number of halogens is 2. The standard InChI is InChI=1S/C16H20ClFO/c17-14-11-15(16(14)8-3-1-2-4-9-16)19-13-7-5-6-12(18)10-13/h5-7,10,14-15H,1-4,8-9,11H2. The van der Waals surface area contributed by atoms with Gasteiger partial charge in [-0.2, -0.15) is 0 Å².